The second-order valence-electron chi connectivity index (χ2n) is 5.49. The molecule has 1 aromatic heterocycles. The fraction of sp³-hybridized carbons (Fsp3) is 0.643. The molecule has 2 saturated heterocycles. The molecule has 2 fully saturated rings. The molecule has 20 heavy (non-hydrogen) atoms. The van der Waals surface area contributed by atoms with Crippen molar-refractivity contribution >= 4 is 17.2 Å². The number of thiophene rings is 1. The van der Waals surface area contributed by atoms with Gasteiger partial charge in [-0.2, -0.15) is 0 Å². The topological polar surface area (TPSA) is 47.6 Å². The van der Waals surface area contributed by atoms with E-state index in [4.69, 9.17) is 0 Å². The molecular weight excluding hydrogens is 272 g/mol. The third-order valence-electron chi connectivity index (χ3n) is 4.01. The van der Waals surface area contributed by atoms with Crippen molar-refractivity contribution in [3.05, 3.63) is 22.4 Å². The van der Waals surface area contributed by atoms with E-state index < -0.39 is 0 Å². The molecule has 0 spiro atoms. The lowest BCUT2D eigenvalue weighted by Gasteiger charge is -2.46. The van der Waals surface area contributed by atoms with Crippen LogP contribution in [0, 0.1) is 0 Å². The Kier molecular flexibility index (Phi) is 4.67. The third kappa shape index (κ3) is 3.58. The summed E-state index contributed by atoms with van der Waals surface area (Å²) in [5, 5.41) is 8.39. The van der Waals surface area contributed by atoms with Gasteiger partial charge in [-0.1, -0.05) is 6.07 Å². The minimum atomic E-state index is 0.136. The summed E-state index contributed by atoms with van der Waals surface area (Å²) in [5.74, 6) is 0.136. The molecule has 0 aromatic carbocycles. The first-order chi connectivity index (χ1) is 9.81. The number of amides is 1. The fourth-order valence-corrected chi connectivity index (χ4v) is 3.45. The molecule has 5 nitrogen and oxygen atoms in total. The number of hydrogen-bond donors (Lipinski definition) is 2. The van der Waals surface area contributed by atoms with Crippen LogP contribution in [0.15, 0.2) is 17.5 Å². The standard InChI is InChI=1S/C14H22N4OS/c19-14(16-8-13-2-1-7-20-13)11-17-9-12(10-17)18-5-3-15-4-6-18/h1-2,7,12,15H,3-6,8-11H2,(H,16,19). The van der Waals surface area contributed by atoms with E-state index in [-0.39, 0.29) is 5.91 Å². The summed E-state index contributed by atoms with van der Waals surface area (Å²) in [6.45, 7) is 7.74. The first kappa shape index (κ1) is 14.0. The molecule has 6 heteroatoms. The van der Waals surface area contributed by atoms with Gasteiger partial charge in [0.1, 0.15) is 0 Å². The van der Waals surface area contributed by atoms with Gasteiger partial charge in [0.2, 0.25) is 5.91 Å². The summed E-state index contributed by atoms with van der Waals surface area (Å²) in [6.07, 6.45) is 0. The monoisotopic (exact) mass is 294 g/mol. The van der Waals surface area contributed by atoms with Crippen molar-refractivity contribution in [1.29, 1.82) is 0 Å². The number of carbonyl (C=O) groups excluding carboxylic acids is 1. The molecule has 2 N–H and O–H groups in total. The second-order valence-corrected chi connectivity index (χ2v) is 6.52. The lowest BCUT2D eigenvalue weighted by Crippen LogP contribution is -2.63. The highest BCUT2D eigenvalue weighted by atomic mass is 32.1. The van der Waals surface area contributed by atoms with Crippen molar-refractivity contribution in [2.45, 2.75) is 12.6 Å². The molecule has 0 radical (unpaired) electrons. The molecule has 3 heterocycles. The molecule has 0 atom stereocenters. The average Bonchev–Trinajstić information content (AvgIpc) is 2.94. The Morgan fingerprint density at radius 2 is 2.20 bits per heavy atom. The number of rotatable bonds is 5. The van der Waals surface area contributed by atoms with Crippen LogP contribution < -0.4 is 10.6 Å². The van der Waals surface area contributed by atoms with E-state index in [1.165, 1.54) is 4.88 Å². The second kappa shape index (κ2) is 6.67. The first-order valence-corrected chi connectivity index (χ1v) is 8.15. The normalized spacial score (nSPS) is 21.6. The van der Waals surface area contributed by atoms with Crippen LogP contribution >= 0.6 is 11.3 Å². The van der Waals surface area contributed by atoms with Crippen LogP contribution in [0.4, 0.5) is 0 Å². The number of likely N-dealkylation sites (tertiary alicyclic amines) is 1. The van der Waals surface area contributed by atoms with Crippen LogP contribution in [0.1, 0.15) is 4.88 Å². The molecule has 0 saturated carbocycles. The maximum absolute atomic E-state index is 11.9. The number of nitrogens with zero attached hydrogens (tertiary/aromatic N) is 2. The van der Waals surface area contributed by atoms with Crippen molar-refractivity contribution in [3.8, 4) is 0 Å². The maximum atomic E-state index is 11.9. The van der Waals surface area contributed by atoms with Crippen LogP contribution in [0.25, 0.3) is 0 Å². The van der Waals surface area contributed by atoms with E-state index >= 15 is 0 Å². The molecule has 0 aliphatic carbocycles. The highest BCUT2D eigenvalue weighted by Gasteiger charge is 2.32. The Morgan fingerprint density at radius 1 is 1.40 bits per heavy atom. The predicted molar refractivity (Wildman–Crippen MR) is 80.8 cm³/mol. The Hall–Kier alpha value is -0.950. The summed E-state index contributed by atoms with van der Waals surface area (Å²) in [5.41, 5.74) is 0. The summed E-state index contributed by atoms with van der Waals surface area (Å²) in [4.78, 5) is 17.8. The molecule has 1 amide bonds. The van der Waals surface area contributed by atoms with Crippen LogP contribution in [0.5, 0.6) is 0 Å². The zero-order valence-corrected chi connectivity index (χ0v) is 12.5. The van der Waals surface area contributed by atoms with Gasteiger partial charge in [-0.25, -0.2) is 0 Å². The zero-order chi connectivity index (χ0) is 13.8. The number of carbonyl (C=O) groups is 1. The van der Waals surface area contributed by atoms with Crippen molar-refractivity contribution in [2.75, 3.05) is 45.8 Å². The fourth-order valence-electron chi connectivity index (χ4n) is 2.81. The smallest absolute Gasteiger partial charge is 0.234 e. The predicted octanol–water partition coefficient (Wildman–Crippen LogP) is -0.0463. The van der Waals surface area contributed by atoms with Crippen molar-refractivity contribution < 1.29 is 4.79 Å². The molecule has 0 unspecified atom stereocenters. The van der Waals surface area contributed by atoms with Gasteiger partial charge in [0.25, 0.3) is 0 Å². The minimum absolute atomic E-state index is 0.136. The van der Waals surface area contributed by atoms with Crippen molar-refractivity contribution in [1.82, 2.24) is 20.4 Å². The molecule has 110 valence electrons. The highest BCUT2D eigenvalue weighted by molar-refractivity contribution is 7.09. The summed E-state index contributed by atoms with van der Waals surface area (Å²) >= 11 is 1.68. The van der Waals surface area contributed by atoms with Crippen LogP contribution in [-0.4, -0.2) is 67.6 Å². The Balaban J connectivity index is 1.32. The molecule has 0 bridgehead atoms. The largest absolute Gasteiger partial charge is 0.350 e. The zero-order valence-electron chi connectivity index (χ0n) is 11.7. The Labute approximate surface area is 123 Å². The van der Waals surface area contributed by atoms with Crippen molar-refractivity contribution in [3.63, 3.8) is 0 Å². The van der Waals surface area contributed by atoms with Crippen LogP contribution in [0.3, 0.4) is 0 Å². The molecule has 3 rings (SSSR count). The van der Waals surface area contributed by atoms with Gasteiger partial charge in [0.15, 0.2) is 0 Å². The van der Waals surface area contributed by atoms with E-state index in [0.717, 1.165) is 39.3 Å². The van der Waals surface area contributed by atoms with Crippen molar-refractivity contribution in [2.24, 2.45) is 0 Å². The molecular formula is C14H22N4OS. The SMILES string of the molecule is O=C(CN1CC(N2CCNCC2)C1)NCc1cccs1. The van der Waals surface area contributed by atoms with Crippen LogP contribution in [-0.2, 0) is 11.3 Å². The van der Waals surface area contributed by atoms with Gasteiger partial charge < -0.3 is 10.6 Å². The number of nitrogens with one attached hydrogen (secondary N) is 2. The highest BCUT2D eigenvalue weighted by Crippen LogP contribution is 2.15. The summed E-state index contributed by atoms with van der Waals surface area (Å²) in [7, 11) is 0. The van der Waals surface area contributed by atoms with Gasteiger partial charge in [-0.15, -0.1) is 11.3 Å². The Morgan fingerprint density at radius 3 is 2.90 bits per heavy atom. The maximum Gasteiger partial charge on any atom is 0.234 e. The van der Waals surface area contributed by atoms with Gasteiger partial charge >= 0.3 is 0 Å². The van der Waals surface area contributed by atoms with Gasteiger partial charge in [0.05, 0.1) is 13.1 Å². The van der Waals surface area contributed by atoms with E-state index in [0.29, 0.717) is 19.1 Å². The van der Waals surface area contributed by atoms with E-state index in [1.807, 2.05) is 11.4 Å². The van der Waals surface area contributed by atoms with Crippen LogP contribution in [0.2, 0.25) is 0 Å². The Bertz CT molecular complexity index is 424. The number of hydrogen-bond acceptors (Lipinski definition) is 5. The lowest BCUT2D eigenvalue weighted by atomic mass is 10.1. The number of piperazine rings is 1. The molecule has 1 aromatic rings. The minimum Gasteiger partial charge on any atom is -0.350 e. The lowest BCUT2D eigenvalue weighted by molar-refractivity contribution is -0.124. The van der Waals surface area contributed by atoms with E-state index in [2.05, 4.69) is 26.5 Å². The van der Waals surface area contributed by atoms with Gasteiger partial charge in [0, 0.05) is 50.2 Å². The van der Waals surface area contributed by atoms with Gasteiger partial charge in [-0.05, 0) is 11.4 Å². The average molecular weight is 294 g/mol. The first-order valence-electron chi connectivity index (χ1n) is 7.27. The summed E-state index contributed by atoms with van der Waals surface area (Å²) < 4.78 is 0. The third-order valence-corrected chi connectivity index (χ3v) is 4.89. The van der Waals surface area contributed by atoms with E-state index in [9.17, 15) is 4.79 Å². The van der Waals surface area contributed by atoms with Gasteiger partial charge in [-0.3, -0.25) is 14.6 Å². The molecule has 2 aliphatic heterocycles. The quantitative estimate of drug-likeness (QED) is 0.800. The molecule has 2 aliphatic rings. The van der Waals surface area contributed by atoms with E-state index in [1.54, 1.807) is 11.3 Å². The summed E-state index contributed by atoms with van der Waals surface area (Å²) in [6, 6.07) is 4.72.